The van der Waals surface area contributed by atoms with Crippen molar-refractivity contribution in [3.05, 3.63) is 48.0 Å². The third kappa shape index (κ3) is 3.92. The van der Waals surface area contributed by atoms with Crippen molar-refractivity contribution >= 4 is 11.6 Å². The molecule has 0 saturated heterocycles. The molecule has 1 N–H and O–H groups in total. The van der Waals surface area contributed by atoms with E-state index in [2.05, 4.69) is 20.6 Å². The van der Waals surface area contributed by atoms with Gasteiger partial charge in [0.1, 0.15) is 0 Å². The van der Waals surface area contributed by atoms with Gasteiger partial charge >= 0.3 is 0 Å². The molecule has 7 nitrogen and oxygen atoms in total. The largest absolute Gasteiger partial charge is 0.334 e. The van der Waals surface area contributed by atoms with Crippen molar-refractivity contribution in [2.75, 3.05) is 5.32 Å². The summed E-state index contributed by atoms with van der Waals surface area (Å²) in [6.45, 7) is 6.95. The summed E-state index contributed by atoms with van der Waals surface area (Å²) in [5.41, 5.74) is 1.55. The molecule has 1 saturated carbocycles. The lowest BCUT2D eigenvalue weighted by atomic mass is 9.96. The zero-order valence-electron chi connectivity index (χ0n) is 15.8. The van der Waals surface area contributed by atoms with Gasteiger partial charge in [0.2, 0.25) is 0 Å². The topological polar surface area (TPSA) is 85.8 Å². The molecule has 1 fully saturated rings. The van der Waals surface area contributed by atoms with Gasteiger partial charge in [0.05, 0.1) is 23.0 Å². The molecule has 0 aliphatic heterocycles. The first-order valence-electron chi connectivity index (χ1n) is 9.17. The number of hydrogen-bond acceptors (Lipinski definition) is 5. The maximum atomic E-state index is 12.8. The van der Waals surface area contributed by atoms with Gasteiger partial charge in [-0.25, -0.2) is 0 Å². The Balaban J connectivity index is 1.55. The van der Waals surface area contributed by atoms with Crippen molar-refractivity contribution in [3.63, 3.8) is 0 Å². The van der Waals surface area contributed by atoms with Gasteiger partial charge in [-0.3, -0.25) is 9.48 Å². The van der Waals surface area contributed by atoms with Gasteiger partial charge < -0.3 is 9.84 Å². The van der Waals surface area contributed by atoms with Gasteiger partial charge in [-0.15, -0.1) is 0 Å². The number of anilines is 1. The van der Waals surface area contributed by atoms with Crippen LogP contribution < -0.4 is 5.32 Å². The Morgan fingerprint density at radius 3 is 2.78 bits per heavy atom. The Labute approximate surface area is 157 Å². The maximum Gasteiger partial charge on any atom is 0.258 e. The predicted octanol–water partition coefficient (Wildman–Crippen LogP) is 3.89. The van der Waals surface area contributed by atoms with E-state index in [1.807, 2.05) is 49.8 Å². The number of carbonyl (C=O) groups is 1. The fourth-order valence-corrected chi connectivity index (χ4v) is 2.80. The molecule has 0 bridgehead atoms. The van der Waals surface area contributed by atoms with Gasteiger partial charge in [0.15, 0.2) is 5.82 Å². The summed E-state index contributed by atoms with van der Waals surface area (Å²) < 4.78 is 7.30. The van der Waals surface area contributed by atoms with Crippen molar-refractivity contribution in [1.82, 2.24) is 19.9 Å². The van der Waals surface area contributed by atoms with Gasteiger partial charge in [-0.05, 0) is 30.9 Å². The second-order valence-electron chi connectivity index (χ2n) is 8.07. The lowest BCUT2D eigenvalue weighted by molar-refractivity contribution is 0.102. The Morgan fingerprint density at radius 2 is 2.07 bits per heavy atom. The summed E-state index contributed by atoms with van der Waals surface area (Å²) in [6, 6.07) is 7.22. The van der Waals surface area contributed by atoms with E-state index in [0.717, 1.165) is 12.5 Å². The number of aromatic nitrogens is 4. The first kappa shape index (κ1) is 17.5. The summed E-state index contributed by atoms with van der Waals surface area (Å²) in [5, 5.41) is 11.3. The van der Waals surface area contributed by atoms with Crippen molar-refractivity contribution in [3.8, 4) is 11.5 Å². The third-order valence-electron chi connectivity index (χ3n) is 4.53. The van der Waals surface area contributed by atoms with Crippen LogP contribution in [0.4, 0.5) is 5.69 Å². The molecule has 27 heavy (non-hydrogen) atoms. The molecule has 0 spiro atoms. The number of nitrogens with one attached hydrogen (secondary N) is 1. The number of carbonyl (C=O) groups excluding carboxylic acids is 1. The predicted molar refractivity (Wildman–Crippen MR) is 101 cm³/mol. The van der Waals surface area contributed by atoms with Gasteiger partial charge in [0, 0.05) is 18.2 Å². The molecule has 1 aliphatic rings. The molecule has 7 heteroatoms. The number of benzene rings is 1. The van der Waals surface area contributed by atoms with Gasteiger partial charge in [0.25, 0.3) is 11.8 Å². The van der Waals surface area contributed by atoms with Crippen LogP contribution in [0.2, 0.25) is 0 Å². The SMILES string of the molecule is CC(C)(C)c1noc(-c2ccccc2C(=O)Nc2cnn(CC3CC3)c2)n1. The minimum Gasteiger partial charge on any atom is -0.334 e. The highest BCUT2D eigenvalue weighted by Crippen LogP contribution is 2.30. The van der Waals surface area contributed by atoms with Crippen molar-refractivity contribution in [1.29, 1.82) is 0 Å². The Kier molecular flexibility index (Phi) is 4.30. The molecule has 1 aromatic carbocycles. The monoisotopic (exact) mass is 365 g/mol. The first-order chi connectivity index (χ1) is 12.9. The molecule has 0 radical (unpaired) electrons. The van der Waals surface area contributed by atoms with Crippen molar-refractivity contribution < 1.29 is 9.32 Å². The fraction of sp³-hybridized carbons (Fsp3) is 0.400. The van der Waals surface area contributed by atoms with E-state index in [1.54, 1.807) is 12.3 Å². The molecule has 1 amide bonds. The summed E-state index contributed by atoms with van der Waals surface area (Å²) in [4.78, 5) is 17.3. The van der Waals surface area contributed by atoms with Crippen LogP contribution in [-0.4, -0.2) is 25.8 Å². The van der Waals surface area contributed by atoms with Crippen LogP contribution in [0.5, 0.6) is 0 Å². The lowest BCUT2D eigenvalue weighted by Crippen LogP contribution is -2.14. The maximum absolute atomic E-state index is 12.8. The molecule has 0 atom stereocenters. The standard InChI is InChI=1S/C20H23N5O2/c1-20(2,3)19-23-18(27-24-19)16-7-5-4-6-15(16)17(26)22-14-10-21-25(12-14)11-13-8-9-13/h4-7,10,12-13H,8-9,11H2,1-3H3,(H,22,26). The highest BCUT2D eigenvalue weighted by atomic mass is 16.5. The number of hydrogen-bond donors (Lipinski definition) is 1. The molecule has 2 heterocycles. The minimum absolute atomic E-state index is 0.227. The summed E-state index contributed by atoms with van der Waals surface area (Å²) in [7, 11) is 0. The molecular weight excluding hydrogens is 342 g/mol. The van der Waals surface area contributed by atoms with Crippen LogP contribution >= 0.6 is 0 Å². The van der Waals surface area contributed by atoms with E-state index < -0.39 is 0 Å². The first-order valence-corrected chi connectivity index (χ1v) is 9.17. The normalized spacial score (nSPS) is 14.3. The van der Waals surface area contributed by atoms with E-state index in [9.17, 15) is 4.79 Å². The van der Waals surface area contributed by atoms with E-state index in [0.29, 0.717) is 28.5 Å². The van der Waals surface area contributed by atoms with Crippen molar-refractivity contribution in [2.24, 2.45) is 5.92 Å². The molecule has 2 aromatic heterocycles. The number of rotatable bonds is 5. The van der Waals surface area contributed by atoms with E-state index >= 15 is 0 Å². The van der Waals surface area contributed by atoms with E-state index in [-0.39, 0.29) is 11.3 Å². The van der Waals surface area contributed by atoms with Gasteiger partial charge in [-0.1, -0.05) is 38.1 Å². The fourth-order valence-electron chi connectivity index (χ4n) is 2.80. The quantitative estimate of drug-likeness (QED) is 0.741. The van der Waals surface area contributed by atoms with Crippen LogP contribution in [0.25, 0.3) is 11.5 Å². The Hall–Kier alpha value is -2.96. The molecule has 140 valence electrons. The average Bonchev–Trinajstić information content (AvgIpc) is 3.11. The summed E-state index contributed by atoms with van der Waals surface area (Å²) in [6.07, 6.45) is 6.06. The number of amides is 1. The van der Waals surface area contributed by atoms with Crippen LogP contribution in [0.1, 0.15) is 49.8 Å². The third-order valence-corrected chi connectivity index (χ3v) is 4.53. The van der Waals surface area contributed by atoms with Gasteiger partial charge in [-0.2, -0.15) is 10.1 Å². The second kappa shape index (κ2) is 6.64. The number of nitrogens with zero attached hydrogens (tertiary/aromatic N) is 4. The molecule has 1 aliphatic carbocycles. The van der Waals surface area contributed by atoms with E-state index in [4.69, 9.17) is 4.52 Å². The average molecular weight is 365 g/mol. The highest BCUT2D eigenvalue weighted by Gasteiger charge is 2.24. The van der Waals surface area contributed by atoms with Crippen LogP contribution in [0.3, 0.4) is 0 Å². The molecular formula is C20H23N5O2. The molecule has 3 aromatic rings. The Bertz CT molecular complexity index is 963. The van der Waals surface area contributed by atoms with Crippen molar-refractivity contribution in [2.45, 2.75) is 45.6 Å². The zero-order chi connectivity index (χ0) is 19.0. The molecule has 0 unspecified atom stereocenters. The summed E-state index contributed by atoms with van der Waals surface area (Å²) >= 11 is 0. The van der Waals surface area contributed by atoms with Crippen LogP contribution in [0.15, 0.2) is 41.2 Å². The van der Waals surface area contributed by atoms with E-state index in [1.165, 1.54) is 12.8 Å². The summed E-state index contributed by atoms with van der Waals surface area (Å²) in [5.74, 6) is 1.44. The van der Waals surface area contributed by atoms with Crippen LogP contribution in [-0.2, 0) is 12.0 Å². The Morgan fingerprint density at radius 1 is 1.30 bits per heavy atom. The molecule has 4 rings (SSSR count). The zero-order valence-corrected chi connectivity index (χ0v) is 15.8. The smallest absolute Gasteiger partial charge is 0.258 e. The highest BCUT2D eigenvalue weighted by molar-refractivity contribution is 6.08. The second-order valence-corrected chi connectivity index (χ2v) is 8.07. The minimum atomic E-state index is -0.230. The lowest BCUT2D eigenvalue weighted by Gasteiger charge is -2.11. The van der Waals surface area contributed by atoms with Crippen LogP contribution in [0, 0.1) is 5.92 Å².